The predicted octanol–water partition coefficient (Wildman–Crippen LogP) is 2.09. The van der Waals surface area contributed by atoms with Crippen LogP contribution in [-0.4, -0.2) is 32.3 Å². The van der Waals surface area contributed by atoms with Crippen LogP contribution in [0.2, 0.25) is 0 Å². The molecule has 8 heteroatoms. The maximum atomic E-state index is 10.3. The van der Waals surface area contributed by atoms with Gasteiger partial charge in [0.2, 0.25) is 12.5 Å². The maximum Gasteiger partial charge on any atom is 0.231 e. The Morgan fingerprint density at radius 1 is 1.04 bits per heavy atom. The number of nitrogens with one attached hydrogen (secondary N) is 1. The van der Waals surface area contributed by atoms with Crippen LogP contribution in [0.5, 0.6) is 34.5 Å². The van der Waals surface area contributed by atoms with E-state index in [1.807, 2.05) is 19.1 Å². The van der Waals surface area contributed by atoms with E-state index >= 15 is 0 Å². The third kappa shape index (κ3) is 2.77. The average Bonchev–Trinajstić information content (AvgIpc) is 3.13. The lowest BCUT2D eigenvalue weighted by Gasteiger charge is -2.38. The van der Waals surface area contributed by atoms with Crippen molar-refractivity contribution in [3.63, 3.8) is 0 Å². The second-order valence-corrected chi connectivity index (χ2v) is 6.56. The van der Waals surface area contributed by atoms with E-state index < -0.39 is 6.23 Å². The highest BCUT2D eigenvalue weighted by Crippen LogP contribution is 2.50. The number of phenolic OH excluding ortho intramolecular Hbond substituents is 1. The standard InChI is InChI=1S/C19H22N2O6/c1-9-17(10-4-15(23-2)18(22)16(5-10)24-3)11-6-13-14(26-8-25-13)7-12(11)27-19(9)21-20/h4-7,9,17,19,21-22H,8,20H2,1-3H3/t9-,17-,19+/m1/s1. The van der Waals surface area contributed by atoms with Gasteiger partial charge in [0.1, 0.15) is 5.75 Å². The Kier molecular flexibility index (Phi) is 4.37. The second-order valence-electron chi connectivity index (χ2n) is 6.56. The summed E-state index contributed by atoms with van der Waals surface area (Å²) in [6.45, 7) is 2.21. The number of hydrogen-bond acceptors (Lipinski definition) is 8. The van der Waals surface area contributed by atoms with Gasteiger partial charge in [-0.25, -0.2) is 5.43 Å². The van der Waals surface area contributed by atoms with Crippen LogP contribution in [0.25, 0.3) is 0 Å². The Balaban J connectivity index is 1.89. The van der Waals surface area contributed by atoms with Crippen LogP contribution >= 0.6 is 0 Å². The van der Waals surface area contributed by atoms with Crippen LogP contribution in [0.3, 0.4) is 0 Å². The van der Waals surface area contributed by atoms with E-state index in [2.05, 4.69) is 5.43 Å². The molecule has 2 aromatic carbocycles. The van der Waals surface area contributed by atoms with Crippen LogP contribution in [0.1, 0.15) is 24.0 Å². The van der Waals surface area contributed by atoms with E-state index in [1.54, 1.807) is 12.1 Å². The number of ether oxygens (including phenoxy) is 5. The number of benzene rings is 2. The molecule has 4 rings (SSSR count). The van der Waals surface area contributed by atoms with Crippen LogP contribution in [0.4, 0.5) is 0 Å². The Labute approximate surface area is 156 Å². The van der Waals surface area contributed by atoms with Crippen molar-refractivity contribution < 1.29 is 28.8 Å². The lowest BCUT2D eigenvalue weighted by Crippen LogP contribution is -2.48. The normalized spacial score (nSPS) is 22.7. The van der Waals surface area contributed by atoms with Crippen molar-refractivity contribution >= 4 is 0 Å². The molecular weight excluding hydrogens is 352 g/mol. The number of phenols is 1. The Morgan fingerprint density at radius 2 is 1.67 bits per heavy atom. The Bertz CT molecular complexity index is 847. The number of aromatic hydroxyl groups is 1. The van der Waals surface area contributed by atoms with Crippen molar-refractivity contribution in [2.45, 2.75) is 19.1 Å². The number of methoxy groups -OCH3 is 2. The smallest absolute Gasteiger partial charge is 0.231 e. The van der Waals surface area contributed by atoms with Crippen molar-refractivity contribution in [2.75, 3.05) is 21.0 Å². The minimum absolute atomic E-state index is 0.0261. The first-order valence-corrected chi connectivity index (χ1v) is 8.58. The zero-order chi connectivity index (χ0) is 19.1. The minimum Gasteiger partial charge on any atom is -0.502 e. The number of nitrogens with two attached hydrogens (primary N) is 1. The van der Waals surface area contributed by atoms with Gasteiger partial charge in [0, 0.05) is 23.5 Å². The topological polar surface area (TPSA) is 104 Å². The summed E-state index contributed by atoms with van der Waals surface area (Å²) in [6, 6.07) is 7.34. The van der Waals surface area contributed by atoms with E-state index in [9.17, 15) is 5.11 Å². The molecule has 0 bridgehead atoms. The molecule has 0 saturated heterocycles. The molecule has 2 aromatic rings. The molecule has 0 spiro atoms. The van der Waals surface area contributed by atoms with Crippen molar-refractivity contribution in [1.82, 2.24) is 5.43 Å². The van der Waals surface area contributed by atoms with E-state index in [-0.39, 0.29) is 24.4 Å². The van der Waals surface area contributed by atoms with Gasteiger partial charge < -0.3 is 28.8 Å². The molecule has 2 aliphatic heterocycles. The summed E-state index contributed by atoms with van der Waals surface area (Å²) in [5.41, 5.74) is 4.56. The fraction of sp³-hybridized carbons (Fsp3) is 0.368. The third-order valence-corrected chi connectivity index (χ3v) is 5.12. The van der Waals surface area contributed by atoms with Gasteiger partial charge in [0.15, 0.2) is 29.2 Å². The predicted molar refractivity (Wildman–Crippen MR) is 96.5 cm³/mol. The molecule has 27 heavy (non-hydrogen) atoms. The summed E-state index contributed by atoms with van der Waals surface area (Å²) in [5.74, 6) is 8.20. The van der Waals surface area contributed by atoms with Crippen LogP contribution in [-0.2, 0) is 0 Å². The summed E-state index contributed by atoms with van der Waals surface area (Å²) >= 11 is 0. The SMILES string of the molecule is COc1cc([C@@H]2c3cc4c(cc3O[C@H](NN)[C@@H]2C)OCO4)cc(OC)c1O. The third-order valence-electron chi connectivity index (χ3n) is 5.12. The van der Waals surface area contributed by atoms with E-state index in [0.29, 0.717) is 28.7 Å². The fourth-order valence-corrected chi connectivity index (χ4v) is 3.75. The molecule has 2 heterocycles. The lowest BCUT2D eigenvalue weighted by molar-refractivity contribution is 0.0795. The van der Waals surface area contributed by atoms with Gasteiger partial charge in [0.05, 0.1) is 14.2 Å². The molecule has 4 N–H and O–H groups in total. The molecule has 144 valence electrons. The highest BCUT2D eigenvalue weighted by molar-refractivity contribution is 5.59. The van der Waals surface area contributed by atoms with E-state index in [0.717, 1.165) is 11.1 Å². The van der Waals surface area contributed by atoms with Gasteiger partial charge in [0.25, 0.3) is 0 Å². The molecule has 8 nitrogen and oxygen atoms in total. The summed E-state index contributed by atoms with van der Waals surface area (Å²) in [7, 11) is 3.00. The Hall–Kier alpha value is -2.84. The fourth-order valence-electron chi connectivity index (χ4n) is 3.75. The molecule has 0 unspecified atom stereocenters. The van der Waals surface area contributed by atoms with Crippen LogP contribution < -0.4 is 35.0 Å². The molecule has 0 saturated carbocycles. The summed E-state index contributed by atoms with van der Waals surface area (Å²) in [6.07, 6.45) is -0.409. The van der Waals surface area contributed by atoms with Crippen molar-refractivity contribution in [1.29, 1.82) is 0 Å². The second kappa shape index (κ2) is 6.71. The first-order chi connectivity index (χ1) is 13.1. The van der Waals surface area contributed by atoms with Gasteiger partial charge in [-0.3, -0.25) is 5.84 Å². The molecule has 0 fully saturated rings. The molecule has 0 aliphatic carbocycles. The van der Waals surface area contributed by atoms with Gasteiger partial charge in [-0.2, -0.15) is 0 Å². The van der Waals surface area contributed by atoms with Gasteiger partial charge in [-0.05, 0) is 23.8 Å². The van der Waals surface area contributed by atoms with Gasteiger partial charge >= 0.3 is 0 Å². The number of rotatable bonds is 4. The first-order valence-electron chi connectivity index (χ1n) is 8.58. The van der Waals surface area contributed by atoms with Crippen LogP contribution in [0, 0.1) is 5.92 Å². The van der Waals surface area contributed by atoms with Crippen LogP contribution in [0.15, 0.2) is 24.3 Å². The number of fused-ring (bicyclic) bond motifs is 2. The molecule has 0 radical (unpaired) electrons. The molecule has 0 aromatic heterocycles. The Morgan fingerprint density at radius 3 is 2.26 bits per heavy atom. The van der Waals surface area contributed by atoms with Gasteiger partial charge in [-0.1, -0.05) is 6.92 Å². The highest BCUT2D eigenvalue weighted by atomic mass is 16.7. The average molecular weight is 374 g/mol. The first kappa shape index (κ1) is 17.6. The molecule has 3 atom stereocenters. The molecular formula is C19H22N2O6. The van der Waals surface area contributed by atoms with Crippen molar-refractivity contribution in [3.05, 3.63) is 35.4 Å². The summed E-state index contributed by atoms with van der Waals surface area (Å²) < 4.78 is 27.7. The highest BCUT2D eigenvalue weighted by Gasteiger charge is 2.38. The van der Waals surface area contributed by atoms with E-state index in [1.165, 1.54) is 14.2 Å². The maximum absolute atomic E-state index is 10.3. The number of hydrazine groups is 1. The zero-order valence-electron chi connectivity index (χ0n) is 15.3. The van der Waals surface area contributed by atoms with Crippen molar-refractivity contribution in [3.8, 4) is 34.5 Å². The van der Waals surface area contributed by atoms with E-state index in [4.69, 9.17) is 29.5 Å². The quantitative estimate of drug-likeness (QED) is 0.552. The summed E-state index contributed by atoms with van der Waals surface area (Å²) in [4.78, 5) is 0. The molecule has 2 aliphatic rings. The lowest BCUT2D eigenvalue weighted by atomic mass is 9.78. The zero-order valence-corrected chi connectivity index (χ0v) is 15.3. The number of hydrogen-bond donors (Lipinski definition) is 3. The van der Waals surface area contributed by atoms with Crippen molar-refractivity contribution in [2.24, 2.45) is 11.8 Å². The largest absolute Gasteiger partial charge is 0.502 e. The summed E-state index contributed by atoms with van der Waals surface area (Å²) in [5, 5.41) is 10.3. The minimum atomic E-state index is -0.409. The monoisotopic (exact) mass is 374 g/mol. The molecule has 0 amide bonds. The van der Waals surface area contributed by atoms with Gasteiger partial charge in [-0.15, -0.1) is 0 Å².